The number of halogens is 2. The van der Waals surface area contributed by atoms with Crippen LogP contribution in [0.4, 0.5) is 10.1 Å². The van der Waals surface area contributed by atoms with Crippen LogP contribution >= 0.6 is 11.6 Å². The first kappa shape index (κ1) is 11.7. The Kier molecular flexibility index (Phi) is 4.02. The summed E-state index contributed by atoms with van der Waals surface area (Å²) in [6.45, 7) is 2.10. The second-order valence-electron chi connectivity index (χ2n) is 4.15. The molecule has 88 valence electrons. The zero-order valence-electron chi connectivity index (χ0n) is 9.10. The highest BCUT2D eigenvalue weighted by atomic mass is 35.5. The van der Waals surface area contributed by atoms with E-state index in [2.05, 4.69) is 10.6 Å². The van der Waals surface area contributed by atoms with Gasteiger partial charge in [0.1, 0.15) is 5.82 Å². The number of anilines is 1. The average Bonchev–Trinajstić information content (AvgIpc) is 2.52. The number of hydrogen-bond acceptors (Lipinski definition) is 2. The predicted octanol–water partition coefficient (Wildman–Crippen LogP) is 3.03. The third-order valence-electron chi connectivity index (χ3n) is 2.87. The van der Waals surface area contributed by atoms with Crippen LogP contribution in [-0.4, -0.2) is 19.1 Å². The topological polar surface area (TPSA) is 24.1 Å². The molecule has 1 fully saturated rings. The summed E-state index contributed by atoms with van der Waals surface area (Å²) < 4.78 is 13.2. The van der Waals surface area contributed by atoms with Gasteiger partial charge in [0.15, 0.2) is 0 Å². The van der Waals surface area contributed by atoms with Crippen molar-refractivity contribution in [2.45, 2.75) is 25.3 Å². The van der Waals surface area contributed by atoms with Crippen molar-refractivity contribution in [2.24, 2.45) is 0 Å². The van der Waals surface area contributed by atoms with Crippen LogP contribution in [-0.2, 0) is 0 Å². The molecule has 2 nitrogen and oxygen atoms in total. The van der Waals surface area contributed by atoms with Gasteiger partial charge in [-0.25, -0.2) is 4.39 Å². The highest BCUT2D eigenvalue weighted by molar-refractivity contribution is 6.30. The van der Waals surface area contributed by atoms with E-state index < -0.39 is 0 Å². The molecule has 0 aliphatic carbocycles. The van der Waals surface area contributed by atoms with Crippen LogP contribution in [0.3, 0.4) is 0 Å². The Bertz CT molecular complexity index is 349. The summed E-state index contributed by atoms with van der Waals surface area (Å²) in [5.41, 5.74) is 0.814. The zero-order valence-corrected chi connectivity index (χ0v) is 9.86. The van der Waals surface area contributed by atoms with Crippen molar-refractivity contribution in [3.8, 4) is 0 Å². The van der Waals surface area contributed by atoms with Crippen molar-refractivity contribution >= 4 is 17.3 Å². The van der Waals surface area contributed by atoms with Crippen LogP contribution in [0.15, 0.2) is 18.2 Å². The van der Waals surface area contributed by atoms with E-state index in [1.54, 1.807) is 6.07 Å². The molecule has 0 bridgehead atoms. The predicted molar refractivity (Wildman–Crippen MR) is 65.5 cm³/mol. The Hall–Kier alpha value is -0.800. The first-order valence-electron chi connectivity index (χ1n) is 5.68. The fourth-order valence-electron chi connectivity index (χ4n) is 1.99. The summed E-state index contributed by atoms with van der Waals surface area (Å²) in [4.78, 5) is 0. The van der Waals surface area contributed by atoms with Crippen LogP contribution in [0.1, 0.15) is 19.3 Å². The van der Waals surface area contributed by atoms with Crippen LogP contribution in [0.2, 0.25) is 5.02 Å². The summed E-state index contributed by atoms with van der Waals surface area (Å²) in [5, 5.41) is 6.87. The third kappa shape index (κ3) is 3.09. The lowest BCUT2D eigenvalue weighted by molar-refractivity contribution is 0.622. The average molecular weight is 243 g/mol. The molecule has 4 heteroatoms. The SMILES string of the molecule is Fc1cc(NC2CCCNCC2)ccc1Cl. The van der Waals surface area contributed by atoms with Gasteiger partial charge in [-0.05, 0) is 50.6 Å². The second-order valence-corrected chi connectivity index (χ2v) is 4.56. The second kappa shape index (κ2) is 5.51. The van der Waals surface area contributed by atoms with E-state index in [-0.39, 0.29) is 10.8 Å². The van der Waals surface area contributed by atoms with Gasteiger partial charge in [0.05, 0.1) is 5.02 Å². The Morgan fingerprint density at radius 2 is 2.19 bits per heavy atom. The van der Waals surface area contributed by atoms with Gasteiger partial charge < -0.3 is 10.6 Å². The molecular weight excluding hydrogens is 227 g/mol. The molecule has 0 saturated carbocycles. The van der Waals surface area contributed by atoms with Crippen LogP contribution in [0, 0.1) is 5.82 Å². The summed E-state index contributed by atoms with van der Waals surface area (Å²) in [5.74, 6) is -0.363. The lowest BCUT2D eigenvalue weighted by Gasteiger charge is -2.17. The van der Waals surface area contributed by atoms with E-state index in [1.807, 2.05) is 6.07 Å². The van der Waals surface area contributed by atoms with Gasteiger partial charge in [0, 0.05) is 11.7 Å². The first-order chi connectivity index (χ1) is 7.75. The van der Waals surface area contributed by atoms with E-state index in [1.165, 1.54) is 6.07 Å². The van der Waals surface area contributed by atoms with E-state index in [0.29, 0.717) is 6.04 Å². The first-order valence-corrected chi connectivity index (χ1v) is 6.06. The van der Waals surface area contributed by atoms with Gasteiger partial charge in [-0.3, -0.25) is 0 Å². The van der Waals surface area contributed by atoms with Crippen LogP contribution < -0.4 is 10.6 Å². The largest absolute Gasteiger partial charge is 0.382 e. The van der Waals surface area contributed by atoms with Crippen molar-refractivity contribution in [3.63, 3.8) is 0 Å². The van der Waals surface area contributed by atoms with Crippen molar-refractivity contribution < 1.29 is 4.39 Å². The zero-order chi connectivity index (χ0) is 11.4. The molecule has 0 radical (unpaired) electrons. The molecular formula is C12H16ClFN2. The lowest BCUT2D eigenvalue weighted by atomic mass is 10.1. The Morgan fingerprint density at radius 3 is 3.00 bits per heavy atom. The maximum Gasteiger partial charge on any atom is 0.143 e. The minimum atomic E-state index is -0.363. The fourth-order valence-corrected chi connectivity index (χ4v) is 2.10. The molecule has 0 aromatic heterocycles. The molecule has 1 aliphatic rings. The number of nitrogens with one attached hydrogen (secondary N) is 2. The molecule has 1 heterocycles. The summed E-state index contributed by atoms with van der Waals surface area (Å²) in [7, 11) is 0. The molecule has 2 rings (SSSR count). The molecule has 16 heavy (non-hydrogen) atoms. The maximum atomic E-state index is 13.2. The van der Waals surface area contributed by atoms with Gasteiger partial charge in [-0.1, -0.05) is 11.6 Å². The van der Waals surface area contributed by atoms with Crippen molar-refractivity contribution in [2.75, 3.05) is 18.4 Å². The van der Waals surface area contributed by atoms with E-state index in [0.717, 1.165) is 38.0 Å². The Balaban J connectivity index is 1.99. The van der Waals surface area contributed by atoms with Gasteiger partial charge >= 0.3 is 0 Å². The van der Waals surface area contributed by atoms with Crippen molar-refractivity contribution in [3.05, 3.63) is 29.0 Å². The number of benzene rings is 1. The summed E-state index contributed by atoms with van der Waals surface area (Å²) in [6.07, 6.45) is 3.36. The highest BCUT2D eigenvalue weighted by Crippen LogP contribution is 2.20. The molecule has 1 aromatic rings. The highest BCUT2D eigenvalue weighted by Gasteiger charge is 2.11. The van der Waals surface area contributed by atoms with Gasteiger partial charge in [-0.2, -0.15) is 0 Å². The molecule has 1 aromatic carbocycles. The van der Waals surface area contributed by atoms with Gasteiger partial charge in [0.25, 0.3) is 0 Å². The van der Waals surface area contributed by atoms with Gasteiger partial charge in [0.2, 0.25) is 0 Å². The molecule has 0 spiro atoms. The third-order valence-corrected chi connectivity index (χ3v) is 3.17. The minimum Gasteiger partial charge on any atom is -0.382 e. The smallest absolute Gasteiger partial charge is 0.143 e. The Morgan fingerprint density at radius 1 is 1.31 bits per heavy atom. The molecule has 1 saturated heterocycles. The van der Waals surface area contributed by atoms with E-state index >= 15 is 0 Å². The maximum absolute atomic E-state index is 13.2. The normalized spacial score (nSPS) is 21.5. The van der Waals surface area contributed by atoms with Crippen molar-refractivity contribution in [1.29, 1.82) is 0 Å². The van der Waals surface area contributed by atoms with E-state index in [4.69, 9.17) is 11.6 Å². The van der Waals surface area contributed by atoms with Crippen LogP contribution in [0.5, 0.6) is 0 Å². The molecule has 2 N–H and O–H groups in total. The summed E-state index contributed by atoms with van der Waals surface area (Å²) >= 11 is 5.64. The van der Waals surface area contributed by atoms with E-state index in [9.17, 15) is 4.39 Å². The number of rotatable bonds is 2. The Labute approximate surface area is 100 Å². The van der Waals surface area contributed by atoms with Crippen molar-refractivity contribution in [1.82, 2.24) is 5.32 Å². The molecule has 0 amide bonds. The fraction of sp³-hybridized carbons (Fsp3) is 0.500. The molecule has 1 atom stereocenters. The molecule has 1 unspecified atom stereocenters. The lowest BCUT2D eigenvalue weighted by Crippen LogP contribution is -2.21. The van der Waals surface area contributed by atoms with Gasteiger partial charge in [-0.15, -0.1) is 0 Å². The summed E-state index contributed by atoms with van der Waals surface area (Å²) in [6, 6.07) is 5.30. The number of hydrogen-bond donors (Lipinski definition) is 2. The standard InChI is InChI=1S/C12H16ClFN2/c13-11-4-3-10(8-12(11)14)16-9-2-1-6-15-7-5-9/h3-4,8-9,15-16H,1-2,5-7H2. The quantitative estimate of drug-likeness (QED) is 0.833. The monoisotopic (exact) mass is 242 g/mol. The minimum absolute atomic E-state index is 0.174. The molecule has 1 aliphatic heterocycles. The van der Waals surface area contributed by atoms with Crippen LogP contribution in [0.25, 0.3) is 0 Å².